The van der Waals surface area contributed by atoms with Crippen molar-refractivity contribution in [2.24, 2.45) is 0 Å². The normalized spacial score (nSPS) is 12.5. The standard InChI is InChI=1S/C8H19Si.3CH3.Sn/c1-7(2,3)9-8(4,5)6;;;;/h9H,1-6H3;3*1H3;. The summed E-state index contributed by atoms with van der Waals surface area (Å²) < 4.78 is 0. The average molecular weight is 307 g/mol. The first-order chi connectivity index (χ1) is 5.44. The Bertz CT molecular complexity index is 102. The Balaban J connectivity index is 0. The fourth-order valence-electron chi connectivity index (χ4n) is 1.30. The van der Waals surface area contributed by atoms with E-state index in [2.05, 4.69) is 56.4 Å². The van der Waals surface area contributed by atoms with E-state index in [1.54, 1.807) is 0 Å². The van der Waals surface area contributed by atoms with Crippen molar-refractivity contribution >= 4 is 29.3 Å². The molecule has 0 saturated heterocycles. The van der Waals surface area contributed by atoms with Crippen LogP contribution < -0.4 is 0 Å². The monoisotopic (exact) mass is 308 g/mol. The summed E-state index contributed by atoms with van der Waals surface area (Å²) in [5.41, 5.74) is 0. The molecule has 0 N–H and O–H groups in total. The molecule has 0 aromatic heterocycles. The zero-order chi connectivity index (χ0) is 11.3. The molecule has 2 radical (unpaired) electrons. The van der Waals surface area contributed by atoms with Crippen molar-refractivity contribution in [3.8, 4) is 0 Å². The van der Waals surface area contributed by atoms with Gasteiger partial charge in [0, 0.05) is 9.52 Å². The summed E-state index contributed by atoms with van der Waals surface area (Å²) in [6, 6.07) is 0. The van der Waals surface area contributed by atoms with Gasteiger partial charge in [-0.2, -0.15) is 0 Å². The summed E-state index contributed by atoms with van der Waals surface area (Å²) in [6.07, 6.45) is 0. The third-order valence-electron chi connectivity index (χ3n) is 0.866. The first-order valence-electron chi connectivity index (χ1n) is 5.08. The van der Waals surface area contributed by atoms with Gasteiger partial charge in [-0.05, 0) is 10.1 Å². The van der Waals surface area contributed by atoms with Gasteiger partial charge in [-0.15, -0.1) is 0 Å². The van der Waals surface area contributed by atoms with Crippen LogP contribution in [0.2, 0.25) is 24.9 Å². The van der Waals surface area contributed by atoms with Crippen LogP contribution in [0.3, 0.4) is 0 Å². The van der Waals surface area contributed by atoms with E-state index in [1.165, 1.54) is 0 Å². The minimum absolute atomic E-state index is 0.543. The Morgan fingerprint density at radius 2 is 0.846 bits per heavy atom. The Morgan fingerprint density at radius 3 is 0.846 bits per heavy atom. The zero-order valence-corrected chi connectivity index (χ0v) is 15.1. The van der Waals surface area contributed by atoms with Gasteiger partial charge in [-0.1, -0.05) is 41.5 Å². The molecule has 0 spiro atoms. The Hall–Kier alpha value is 1.02. The van der Waals surface area contributed by atoms with Crippen molar-refractivity contribution in [2.75, 3.05) is 0 Å². The molecule has 0 rings (SSSR count). The van der Waals surface area contributed by atoms with Crippen LogP contribution in [0.5, 0.6) is 0 Å². The molecular formula is C11H28SiSn. The predicted molar refractivity (Wildman–Crippen MR) is 69.9 cm³/mol. The fraction of sp³-hybridized carbons (Fsp3) is 1.00. The van der Waals surface area contributed by atoms with Crippen molar-refractivity contribution < 1.29 is 0 Å². The molecule has 2 heteroatoms. The van der Waals surface area contributed by atoms with Crippen molar-refractivity contribution in [3.63, 3.8) is 0 Å². The Kier molecular flexibility index (Phi) is 8.21. The van der Waals surface area contributed by atoms with Crippen LogP contribution in [-0.2, 0) is 0 Å². The zero-order valence-electron chi connectivity index (χ0n) is 11.1. The molecule has 13 heavy (non-hydrogen) atoms. The number of rotatable bonds is 0. The first kappa shape index (κ1) is 16.4. The average Bonchev–Trinajstić information content (AvgIpc) is 1.47. The molecule has 0 aliphatic rings. The summed E-state index contributed by atoms with van der Waals surface area (Å²) in [7, 11) is 0.569. The molecule has 0 bridgehead atoms. The van der Waals surface area contributed by atoms with Crippen LogP contribution in [0.25, 0.3) is 0 Å². The minimum atomic E-state index is -0.543. The molecule has 0 heterocycles. The van der Waals surface area contributed by atoms with E-state index in [1.807, 2.05) is 0 Å². The van der Waals surface area contributed by atoms with Gasteiger partial charge in [-0.3, -0.25) is 0 Å². The summed E-state index contributed by atoms with van der Waals surface area (Å²) in [6.45, 7) is 14.0. The maximum atomic E-state index is 2.36. The maximum absolute atomic E-state index is 2.36. The van der Waals surface area contributed by atoms with Crippen LogP contribution in [0, 0.1) is 0 Å². The van der Waals surface area contributed by atoms with E-state index < -0.39 is 19.8 Å². The Morgan fingerprint density at radius 1 is 0.692 bits per heavy atom. The van der Waals surface area contributed by atoms with Gasteiger partial charge < -0.3 is 0 Å². The van der Waals surface area contributed by atoms with Crippen LogP contribution in [0.1, 0.15) is 41.5 Å². The molecular weight excluding hydrogens is 279 g/mol. The van der Waals surface area contributed by atoms with Crippen molar-refractivity contribution in [1.82, 2.24) is 0 Å². The van der Waals surface area contributed by atoms with Crippen molar-refractivity contribution in [2.45, 2.75) is 66.4 Å². The van der Waals surface area contributed by atoms with Gasteiger partial charge in [0.05, 0.1) is 0 Å². The van der Waals surface area contributed by atoms with E-state index in [0.29, 0.717) is 19.6 Å². The molecule has 0 nitrogen and oxygen atoms in total. The summed E-state index contributed by atoms with van der Waals surface area (Å²) in [4.78, 5) is 7.09. The van der Waals surface area contributed by atoms with Gasteiger partial charge in [-0.25, -0.2) is 0 Å². The molecule has 0 amide bonds. The quantitative estimate of drug-likeness (QED) is 0.588. The molecule has 0 aromatic carbocycles. The number of hydrogen-bond acceptors (Lipinski definition) is 0. The fourth-order valence-corrected chi connectivity index (χ4v) is 3.90. The van der Waals surface area contributed by atoms with Gasteiger partial charge >= 0.3 is 34.6 Å². The number of hydrogen-bond donors (Lipinski definition) is 0. The van der Waals surface area contributed by atoms with E-state index in [4.69, 9.17) is 0 Å². The first-order valence-corrected chi connectivity index (χ1v) is 14.8. The SMILES string of the molecule is CC(C)(C)[SiH]C(C)(C)C.[CH3][Sn]([CH3])[CH3]. The third kappa shape index (κ3) is 32.1. The van der Waals surface area contributed by atoms with E-state index in [0.717, 1.165) is 0 Å². The van der Waals surface area contributed by atoms with E-state index in [9.17, 15) is 0 Å². The molecule has 0 saturated carbocycles. The molecule has 80 valence electrons. The van der Waals surface area contributed by atoms with Gasteiger partial charge in [0.15, 0.2) is 0 Å². The van der Waals surface area contributed by atoms with Crippen molar-refractivity contribution in [1.29, 1.82) is 0 Å². The van der Waals surface area contributed by atoms with Gasteiger partial charge in [0.1, 0.15) is 0 Å². The summed E-state index contributed by atoms with van der Waals surface area (Å²) in [5, 5.41) is 1.14. The van der Waals surface area contributed by atoms with Gasteiger partial charge in [0.2, 0.25) is 0 Å². The second-order valence-corrected chi connectivity index (χ2v) is 18.7. The molecule has 0 fully saturated rings. The second-order valence-electron chi connectivity index (χ2n) is 6.38. The Labute approximate surface area is 95.5 Å². The van der Waals surface area contributed by atoms with Crippen LogP contribution >= 0.6 is 0 Å². The van der Waals surface area contributed by atoms with E-state index in [-0.39, 0.29) is 0 Å². The molecule has 0 aromatic rings. The van der Waals surface area contributed by atoms with Crippen LogP contribution in [0.4, 0.5) is 0 Å². The predicted octanol–water partition coefficient (Wildman–Crippen LogP) is 4.23. The molecule has 0 atom stereocenters. The van der Waals surface area contributed by atoms with E-state index >= 15 is 0 Å². The molecule has 0 aliphatic carbocycles. The van der Waals surface area contributed by atoms with Crippen molar-refractivity contribution in [3.05, 3.63) is 0 Å². The summed E-state index contributed by atoms with van der Waals surface area (Å²) >= 11 is -0.543. The topological polar surface area (TPSA) is 0 Å². The van der Waals surface area contributed by atoms with Crippen LogP contribution in [0.15, 0.2) is 0 Å². The summed E-state index contributed by atoms with van der Waals surface area (Å²) in [5.74, 6) is 0. The second kappa shape index (κ2) is 6.49. The van der Waals surface area contributed by atoms with Gasteiger partial charge in [0.25, 0.3) is 0 Å². The molecule has 0 unspecified atom stereocenters. The van der Waals surface area contributed by atoms with Crippen LogP contribution in [-0.4, -0.2) is 29.3 Å². The third-order valence-corrected chi connectivity index (χ3v) is 2.60. The molecule has 0 aliphatic heterocycles.